The van der Waals surface area contributed by atoms with Crippen LogP contribution >= 0.6 is 0 Å². The quantitative estimate of drug-likeness (QED) is 0.587. The largest absolute Gasteiger partial charge is 0.382 e. The zero-order valence-electron chi connectivity index (χ0n) is 5.33. The Morgan fingerprint density at radius 1 is 1.89 bits per heavy atom. The fourth-order valence-corrected chi connectivity index (χ4v) is 0.588. The second-order valence-electron chi connectivity index (χ2n) is 1.70. The molecule has 0 saturated carbocycles. The van der Waals surface area contributed by atoms with Crippen LogP contribution in [-0.2, 0) is 0 Å². The number of hydrogen-bond acceptors (Lipinski definition) is 3. The molecule has 0 radical (unpaired) electrons. The van der Waals surface area contributed by atoms with Gasteiger partial charge in [0, 0.05) is 12.6 Å². The average Bonchev–Trinajstić information content (AvgIpc) is 2.17. The van der Waals surface area contributed by atoms with Crippen molar-refractivity contribution in [3.05, 3.63) is 12.3 Å². The van der Waals surface area contributed by atoms with Crippen molar-refractivity contribution in [2.45, 2.75) is 6.92 Å². The molecule has 50 valence electrons. The van der Waals surface area contributed by atoms with Crippen LogP contribution in [0.4, 0.5) is 5.82 Å². The summed E-state index contributed by atoms with van der Waals surface area (Å²) in [5.41, 5.74) is 8.29. The SMILES string of the molecule is CCNn1ccc(N)n1. The molecule has 1 aromatic heterocycles. The Kier molecular flexibility index (Phi) is 1.58. The molecular formula is C5H10N4. The van der Waals surface area contributed by atoms with E-state index in [0.717, 1.165) is 6.54 Å². The topological polar surface area (TPSA) is 55.9 Å². The number of aromatic nitrogens is 2. The van der Waals surface area contributed by atoms with Gasteiger partial charge in [0.05, 0.1) is 6.20 Å². The van der Waals surface area contributed by atoms with E-state index >= 15 is 0 Å². The van der Waals surface area contributed by atoms with Gasteiger partial charge in [0.2, 0.25) is 0 Å². The van der Waals surface area contributed by atoms with Gasteiger partial charge in [-0.05, 0) is 6.92 Å². The molecule has 4 heteroatoms. The van der Waals surface area contributed by atoms with E-state index in [1.165, 1.54) is 0 Å². The van der Waals surface area contributed by atoms with E-state index in [0.29, 0.717) is 5.82 Å². The lowest BCUT2D eigenvalue weighted by atomic mass is 10.7. The van der Waals surface area contributed by atoms with Crippen LogP contribution in [0.25, 0.3) is 0 Å². The summed E-state index contributed by atoms with van der Waals surface area (Å²) in [5.74, 6) is 0.538. The molecule has 3 N–H and O–H groups in total. The van der Waals surface area contributed by atoms with Crippen LogP contribution in [0, 0.1) is 0 Å². The minimum Gasteiger partial charge on any atom is -0.382 e. The van der Waals surface area contributed by atoms with E-state index < -0.39 is 0 Å². The van der Waals surface area contributed by atoms with Crippen LogP contribution in [0.3, 0.4) is 0 Å². The lowest BCUT2D eigenvalue weighted by molar-refractivity contribution is 0.750. The molecule has 1 heterocycles. The Hall–Kier alpha value is -1.19. The molecule has 0 fully saturated rings. The molecule has 0 aliphatic heterocycles. The van der Waals surface area contributed by atoms with E-state index in [9.17, 15) is 0 Å². The van der Waals surface area contributed by atoms with Gasteiger partial charge in [-0.3, -0.25) is 0 Å². The van der Waals surface area contributed by atoms with E-state index in [-0.39, 0.29) is 0 Å². The van der Waals surface area contributed by atoms with E-state index in [1.807, 2.05) is 6.92 Å². The monoisotopic (exact) mass is 126 g/mol. The summed E-state index contributed by atoms with van der Waals surface area (Å²) in [6.07, 6.45) is 1.78. The van der Waals surface area contributed by atoms with E-state index in [2.05, 4.69) is 10.5 Å². The van der Waals surface area contributed by atoms with Gasteiger partial charge in [0.25, 0.3) is 0 Å². The third kappa shape index (κ3) is 1.35. The number of rotatable bonds is 2. The zero-order chi connectivity index (χ0) is 6.69. The van der Waals surface area contributed by atoms with Crippen molar-refractivity contribution in [2.75, 3.05) is 17.7 Å². The lowest BCUT2D eigenvalue weighted by Gasteiger charge is -1.98. The van der Waals surface area contributed by atoms with Crippen LogP contribution in [0.2, 0.25) is 0 Å². The molecule has 1 rings (SSSR count). The highest BCUT2D eigenvalue weighted by molar-refractivity contribution is 5.23. The third-order valence-electron chi connectivity index (χ3n) is 0.930. The molecule has 0 aliphatic carbocycles. The van der Waals surface area contributed by atoms with Gasteiger partial charge in [0.15, 0.2) is 0 Å². The zero-order valence-corrected chi connectivity index (χ0v) is 5.33. The summed E-state index contributed by atoms with van der Waals surface area (Å²) in [7, 11) is 0. The fourth-order valence-electron chi connectivity index (χ4n) is 0.588. The van der Waals surface area contributed by atoms with Crippen molar-refractivity contribution in [3.8, 4) is 0 Å². The molecular weight excluding hydrogens is 116 g/mol. The second-order valence-corrected chi connectivity index (χ2v) is 1.70. The Balaban J connectivity index is 2.61. The Labute approximate surface area is 53.6 Å². The molecule has 0 saturated heterocycles. The summed E-state index contributed by atoms with van der Waals surface area (Å²) >= 11 is 0. The number of nitrogens with zero attached hydrogens (tertiary/aromatic N) is 2. The van der Waals surface area contributed by atoms with Crippen molar-refractivity contribution in [3.63, 3.8) is 0 Å². The van der Waals surface area contributed by atoms with Crippen molar-refractivity contribution in [2.24, 2.45) is 0 Å². The van der Waals surface area contributed by atoms with Crippen molar-refractivity contribution in [1.82, 2.24) is 9.89 Å². The van der Waals surface area contributed by atoms with E-state index in [1.54, 1.807) is 17.1 Å². The smallest absolute Gasteiger partial charge is 0.147 e. The number of nitrogens with one attached hydrogen (secondary N) is 1. The molecule has 0 atom stereocenters. The van der Waals surface area contributed by atoms with Gasteiger partial charge in [0.1, 0.15) is 5.82 Å². The molecule has 0 aliphatic rings. The predicted octanol–water partition coefficient (Wildman–Crippen LogP) is 0.0287. The highest BCUT2D eigenvalue weighted by atomic mass is 15.6. The van der Waals surface area contributed by atoms with Crippen molar-refractivity contribution in [1.29, 1.82) is 0 Å². The van der Waals surface area contributed by atoms with E-state index in [4.69, 9.17) is 5.73 Å². The molecule has 0 spiro atoms. The minimum atomic E-state index is 0.538. The van der Waals surface area contributed by atoms with Crippen LogP contribution in [0.1, 0.15) is 6.92 Å². The number of anilines is 1. The molecule has 0 bridgehead atoms. The van der Waals surface area contributed by atoms with Gasteiger partial charge in [-0.1, -0.05) is 0 Å². The summed E-state index contributed by atoms with van der Waals surface area (Å²) < 4.78 is 0. The standard InChI is InChI=1S/C5H10N4/c1-2-7-9-4-3-5(6)8-9/h3-4,7H,2H2,1H3,(H2,6,8). The highest BCUT2D eigenvalue weighted by Crippen LogP contribution is 1.91. The Morgan fingerprint density at radius 2 is 2.67 bits per heavy atom. The molecule has 1 aromatic rings. The average molecular weight is 126 g/mol. The van der Waals surface area contributed by atoms with Crippen LogP contribution < -0.4 is 11.2 Å². The number of hydrogen-bond donors (Lipinski definition) is 2. The second kappa shape index (κ2) is 2.39. The van der Waals surface area contributed by atoms with Gasteiger partial charge >= 0.3 is 0 Å². The van der Waals surface area contributed by atoms with Crippen LogP contribution in [0.15, 0.2) is 12.3 Å². The normalized spacial score (nSPS) is 9.44. The summed E-state index contributed by atoms with van der Waals surface area (Å²) in [6.45, 7) is 2.85. The predicted molar refractivity (Wildman–Crippen MR) is 36.5 cm³/mol. The van der Waals surface area contributed by atoms with Crippen molar-refractivity contribution >= 4 is 5.82 Å². The summed E-state index contributed by atoms with van der Waals surface area (Å²) in [5, 5.41) is 3.88. The first-order chi connectivity index (χ1) is 4.33. The first kappa shape index (κ1) is 5.94. The maximum Gasteiger partial charge on any atom is 0.147 e. The van der Waals surface area contributed by atoms with Gasteiger partial charge in [-0.15, -0.1) is 5.10 Å². The highest BCUT2D eigenvalue weighted by Gasteiger charge is 1.87. The molecule has 0 unspecified atom stereocenters. The maximum atomic E-state index is 5.34. The maximum absolute atomic E-state index is 5.34. The van der Waals surface area contributed by atoms with Crippen LogP contribution in [-0.4, -0.2) is 16.4 Å². The Bertz CT molecular complexity index is 181. The fraction of sp³-hybridized carbons (Fsp3) is 0.400. The van der Waals surface area contributed by atoms with Gasteiger partial charge in [-0.25, -0.2) is 0 Å². The first-order valence-corrected chi connectivity index (χ1v) is 2.88. The van der Waals surface area contributed by atoms with Crippen molar-refractivity contribution < 1.29 is 0 Å². The summed E-state index contributed by atoms with van der Waals surface area (Å²) in [6, 6.07) is 1.74. The third-order valence-corrected chi connectivity index (χ3v) is 0.930. The molecule has 0 aromatic carbocycles. The lowest BCUT2D eigenvalue weighted by Crippen LogP contribution is -2.14. The van der Waals surface area contributed by atoms with Gasteiger partial charge < -0.3 is 11.2 Å². The first-order valence-electron chi connectivity index (χ1n) is 2.88. The van der Waals surface area contributed by atoms with Gasteiger partial charge in [-0.2, -0.15) is 4.79 Å². The Morgan fingerprint density at radius 3 is 3.11 bits per heavy atom. The summed E-state index contributed by atoms with van der Waals surface area (Å²) in [4.78, 5) is 1.59. The number of nitrogen functional groups attached to an aromatic ring is 1. The number of nitrogens with two attached hydrogens (primary N) is 1. The molecule has 0 amide bonds. The molecule has 9 heavy (non-hydrogen) atoms. The molecule has 4 nitrogen and oxygen atoms in total. The van der Waals surface area contributed by atoms with Crippen LogP contribution in [0.5, 0.6) is 0 Å². The minimum absolute atomic E-state index is 0.538.